The van der Waals surface area contributed by atoms with Crippen LogP contribution in [0, 0.1) is 13.8 Å². The molecule has 1 aliphatic heterocycles. The molecule has 0 aliphatic carbocycles. The number of carbonyl (C=O) groups is 1. The lowest BCUT2D eigenvalue weighted by Crippen LogP contribution is -2.48. The number of ether oxygens (including phenoxy) is 1. The minimum absolute atomic E-state index is 0.0733. The molecule has 156 valence electrons. The third kappa shape index (κ3) is 4.56. The molecule has 0 radical (unpaired) electrons. The molecular formula is C22H28N2O4S. The van der Waals surface area contributed by atoms with Gasteiger partial charge in [-0.3, -0.25) is 9.10 Å². The van der Waals surface area contributed by atoms with Crippen LogP contribution < -0.4 is 14.4 Å². The molecule has 1 atom stereocenters. The number of rotatable bonds is 3. The highest BCUT2D eigenvalue weighted by Crippen LogP contribution is 2.38. The van der Waals surface area contributed by atoms with Crippen molar-refractivity contribution in [3.63, 3.8) is 0 Å². The lowest BCUT2D eigenvalue weighted by atomic mass is 9.86. The van der Waals surface area contributed by atoms with Crippen molar-refractivity contribution in [2.45, 2.75) is 46.1 Å². The minimum atomic E-state index is -3.58. The third-order valence-electron chi connectivity index (χ3n) is 5.04. The van der Waals surface area contributed by atoms with Gasteiger partial charge in [-0.2, -0.15) is 0 Å². The smallest absolute Gasteiger partial charge is 0.267 e. The molecule has 1 amide bonds. The monoisotopic (exact) mass is 416 g/mol. The average molecular weight is 417 g/mol. The molecule has 0 spiro atoms. The number of fused-ring (bicyclic) bond motifs is 1. The summed E-state index contributed by atoms with van der Waals surface area (Å²) in [6, 6.07) is 11.3. The number of anilines is 2. The van der Waals surface area contributed by atoms with Crippen LogP contribution in [0.15, 0.2) is 36.4 Å². The molecular weight excluding hydrogens is 388 g/mol. The summed E-state index contributed by atoms with van der Waals surface area (Å²) in [5.74, 6) is 0.00804. The van der Waals surface area contributed by atoms with E-state index in [9.17, 15) is 13.2 Å². The van der Waals surface area contributed by atoms with E-state index in [0.717, 1.165) is 22.9 Å². The summed E-state index contributed by atoms with van der Waals surface area (Å²) in [4.78, 5) is 12.9. The maximum atomic E-state index is 12.9. The van der Waals surface area contributed by atoms with Crippen LogP contribution >= 0.6 is 0 Å². The second-order valence-corrected chi connectivity index (χ2v) is 10.5. The standard InChI is InChI=1S/C22H28N2O4S/c1-14-7-8-15(2)17(11-14)23-21(25)20-13-24(29(6,26)27)18-12-16(22(3,4)5)9-10-19(18)28-20/h7-12,20H,13H2,1-6H3,(H,23,25)/t20-/m0/s1. The molecule has 1 N–H and O–H groups in total. The summed E-state index contributed by atoms with van der Waals surface area (Å²) >= 11 is 0. The first-order valence-electron chi connectivity index (χ1n) is 9.53. The van der Waals surface area contributed by atoms with Crippen LogP contribution in [-0.4, -0.2) is 33.2 Å². The Morgan fingerprint density at radius 1 is 1.14 bits per heavy atom. The number of benzene rings is 2. The minimum Gasteiger partial charge on any atom is -0.476 e. The molecule has 0 bridgehead atoms. The average Bonchev–Trinajstić information content (AvgIpc) is 2.61. The fourth-order valence-corrected chi connectivity index (χ4v) is 4.16. The molecule has 1 aliphatic rings. The Labute approximate surface area is 172 Å². The Kier molecular flexibility index (Phi) is 5.38. The summed E-state index contributed by atoms with van der Waals surface area (Å²) < 4.78 is 32.1. The van der Waals surface area contributed by atoms with Gasteiger partial charge in [0.1, 0.15) is 5.75 Å². The van der Waals surface area contributed by atoms with Crippen molar-refractivity contribution in [3.8, 4) is 5.75 Å². The molecule has 0 unspecified atom stereocenters. The Morgan fingerprint density at radius 2 is 1.83 bits per heavy atom. The van der Waals surface area contributed by atoms with Crippen LogP contribution in [0.4, 0.5) is 11.4 Å². The number of aryl methyl sites for hydroxylation is 2. The molecule has 2 aromatic carbocycles. The van der Waals surface area contributed by atoms with Crippen LogP contribution in [0.5, 0.6) is 5.75 Å². The number of nitrogens with zero attached hydrogens (tertiary/aromatic N) is 1. The maximum Gasteiger partial charge on any atom is 0.267 e. The van der Waals surface area contributed by atoms with E-state index in [1.807, 2.05) is 44.2 Å². The lowest BCUT2D eigenvalue weighted by molar-refractivity contribution is -0.122. The van der Waals surface area contributed by atoms with Gasteiger partial charge in [-0.15, -0.1) is 0 Å². The summed E-state index contributed by atoms with van der Waals surface area (Å²) in [5, 5.41) is 2.87. The second-order valence-electron chi connectivity index (χ2n) is 8.64. The normalized spacial score (nSPS) is 16.8. The molecule has 2 aromatic rings. The number of amides is 1. The van der Waals surface area contributed by atoms with Crippen LogP contribution in [0.2, 0.25) is 0 Å². The van der Waals surface area contributed by atoms with E-state index < -0.39 is 16.1 Å². The molecule has 0 fully saturated rings. The predicted molar refractivity (Wildman–Crippen MR) is 116 cm³/mol. The molecule has 6 nitrogen and oxygen atoms in total. The van der Waals surface area contributed by atoms with Crippen molar-refractivity contribution in [1.29, 1.82) is 0 Å². The first-order valence-corrected chi connectivity index (χ1v) is 11.4. The Balaban J connectivity index is 1.94. The molecule has 29 heavy (non-hydrogen) atoms. The summed E-state index contributed by atoms with van der Waals surface area (Å²) in [6.07, 6.45) is 0.198. The van der Waals surface area contributed by atoms with Gasteiger partial charge in [-0.1, -0.05) is 39.0 Å². The molecule has 3 rings (SSSR count). The van der Waals surface area contributed by atoms with Gasteiger partial charge in [0.25, 0.3) is 5.91 Å². The number of hydrogen-bond acceptors (Lipinski definition) is 4. The molecule has 7 heteroatoms. The first-order chi connectivity index (χ1) is 13.4. The topological polar surface area (TPSA) is 75.7 Å². The SMILES string of the molecule is Cc1ccc(C)c(NC(=O)[C@@H]2CN(S(C)(=O)=O)c3cc(C(C)(C)C)ccc3O2)c1. The summed E-state index contributed by atoms with van der Waals surface area (Å²) in [7, 11) is -3.58. The van der Waals surface area contributed by atoms with Crippen molar-refractivity contribution in [2.75, 3.05) is 22.4 Å². The van der Waals surface area contributed by atoms with Crippen molar-refractivity contribution >= 4 is 27.3 Å². The summed E-state index contributed by atoms with van der Waals surface area (Å²) in [5.41, 5.74) is 3.96. The van der Waals surface area contributed by atoms with Crippen molar-refractivity contribution in [1.82, 2.24) is 0 Å². The number of nitrogens with one attached hydrogen (secondary N) is 1. The first kappa shape index (κ1) is 21.2. The zero-order chi connectivity index (χ0) is 21.6. The number of carbonyl (C=O) groups excluding carboxylic acids is 1. The quantitative estimate of drug-likeness (QED) is 0.826. The highest BCUT2D eigenvalue weighted by molar-refractivity contribution is 7.92. The van der Waals surface area contributed by atoms with Crippen molar-refractivity contribution in [3.05, 3.63) is 53.1 Å². The Hall–Kier alpha value is -2.54. The lowest BCUT2D eigenvalue weighted by Gasteiger charge is -2.35. The van der Waals surface area contributed by atoms with Crippen molar-refractivity contribution < 1.29 is 17.9 Å². The van der Waals surface area contributed by atoms with Gasteiger partial charge in [0, 0.05) is 5.69 Å². The fraction of sp³-hybridized carbons (Fsp3) is 0.409. The van der Waals surface area contributed by atoms with Gasteiger partial charge in [0.15, 0.2) is 6.10 Å². The van der Waals surface area contributed by atoms with Crippen molar-refractivity contribution in [2.24, 2.45) is 0 Å². The van der Waals surface area contributed by atoms with Crippen LogP contribution in [0.25, 0.3) is 0 Å². The Morgan fingerprint density at radius 3 is 2.45 bits per heavy atom. The maximum absolute atomic E-state index is 12.9. The highest BCUT2D eigenvalue weighted by atomic mass is 32.2. The zero-order valence-electron chi connectivity index (χ0n) is 17.7. The molecule has 0 saturated heterocycles. The van der Waals surface area contributed by atoms with E-state index >= 15 is 0 Å². The van der Waals surface area contributed by atoms with Gasteiger partial charge in [-0.25, -0.2) is 8.42 Å². The molecule has 0 saturated carbocycles. The van der Waals surface area contributed by atoms with E-state index in [1.165, 1.54) is 4.31 Å². The predicted octanol–water partition coefficient (Wildman–Crippen LogP) is 3.77. The van der Waals surface area contributed by atoms with Gasteiger partial charge in [0.05, 0.1) is 18.5 Å². The van der Waals surface area contributed by atoms with Crippen LogP contribution in [0.1, 0.15) is 37.5 Å². The summed E-state index contributed by atoms with van der Waals surface area (Å²) in [6.45, 7) is 9.95. The van der Waals surface area contributed by atoms with E-state index in [2.05, 4.69) is 26.1 Å². The van der Waals surface area contributed by atoms with Gasteiger partial charge < -0.3 is 10.1 Å². The molecule has 1 heterocycles. The zero-order valence-corrected chi connectivity index (χ0v) is 18.6. The molecule has 0 aromatic heterocycles. The highest BCUT2D eigenvalue weighted by Gasteiger charge is 2.36. The van der Waals surface area contributed by atoms with Gasteiger partial charge in [-0.05, 0) is 54.2 Å². The fourth-order valence-electron chi connectivity index (χ4n) is 3.25. The van der Waals surface area contributed by atoms with E-state index in [4.69, 9.17) is 4.74 Å². The largest absolute Gasteiger partial charge is 0.476 e. The van der Waals surface area contributed by atoms with E-state index in [0.29, 0.717) is 17.1 Å². The third-order valence-corrected chi connectivity index (χ3v) is 6.18. The Bertz CT molecular complexity index is 1050. The number of sulfonamides is 1. The van der Waals surface area contributed by atoms with Crippen LogP contribution in [0.3, 0.4) is 0 Å². The van der Waals surface area contributed by atoms with Gasteiger partial charge in [0.2, 0.25) is 10.0 Å². The number of hydrogen-bond donors (Lipinski definition) is 1. The van der Waals surface area contributed by atoms with Gasteiger partial charge >= 0.3 is 0 Å². The second kappa shape index (κ2) is 7.37. The van der Waals surface area contributed by atoms with E-state index in [1.54, 1.807) is 6.07 Å². The van der Waals surface area contributed by atoms with Crippen LogP contribution in [-0.2, 0) is 20.2 Å². The van der Waals surface area contributed by atoms with E-state index in [-0.39, 0.29) is 17.9 Å².